The van der Waals surface area contributed by atoms with Crippen LogP contribution in [0, 0.1) is 9.49 Å². The van der Waals surface area contributed by atoms with E-state index in [1.54, 1.807) is 0 Å². The molecule has 0 radical (unpaired) electrons. The van der Waals surface area contributed by atoms with Crippen LogP contribution in [0.3, 0.4) is 0 Å². The van der Waals surface area contributed by atoms with Gasteiger partial charge in [0, 0.05) is 34.9 Å². The molecule has 0 amide bonds. The summed E-state index contributed by atoms with van der Waals surface area (Å²) in [5, 5.41) is 3.49. The Morgan fingerprint density at radius 3 is 2.94 bits per heavy atom. The van der Waals surface area contributed by atoms with Crippen LogP contribution >= 0.6 is 22.6 Å². The van der Waals surface area contributed by atoms with Crippen molar-refractivity contribution < 1.29 is 0 Å². The van der Waals surface area contributed by atoms with Crippen molar-refractivity contribution in [2.24, 2.45) is 5.92 Å². The summed E-state index contributed by atoms with van der Waals surface area (Å²) in [5.41, 5.74) is 1.37. The second-order valence-electron chi connectivity index (χ2n) is 4.69. The number of benzene rings is 1. The van der Waals surface area contributed by atoms with Gasteiger partial charge in [-0.15, -0.1) is 0 Å². The first-order chi connectivity index (χ1) is 7.68. The average molecular weight is 330 g/mol. The van der Waals surface area contributed by atoms with Crippen LogP contribution in [0.4, 0.5) is 5.69 Å². The van der Waals surface area contributed by atoms with Crippen molar-refractivity contribution >= 4 is 28.3 Å². The Labute approximate surface area is 112 Å². The minimum Gasteiger partial charge on any atom is -0.366 e. The van der Waals surface area contributed by atoms with Crippen LogP contribution in [-0.2, 0) is 0 Å². The number of rotatable bonds is 2. The van der Waals surface area contributed by atoms with Gasteiger partial charge in [0.1, 0.15) is 0 Å². The van der Waals surface area contributed by atoms with Gasteiger partial charge in [-0.1, -0.05) is 19.9 Å². The molecule has 3 heteroatoms. The monoisotopic (exact) mass is 330 g/mol. The lowest BCUT2D eigenvalue weighted by atomic mass is 10.00. The van der Waals surface area contributed by atoms with E-state index < -0.39 is 0 Å². The largest absolute Gasteiger partial charge is 0.366 e. The fraction of sp³-hybridized carbons (Fsp3) is 0.538. The number of hydrogen-bond acceptors (Lipinski definition) is 2. The first-order valence-corrected chi connectivity index (χ1v) is 6.99. The van der Waals surface area contributed by atoms with Crippen LogP contribution in [0.2, 0.25) is 0 Å². The molecule has 2 nitrogen and oxygen atoms in total. The zero-order valence-corrected chi connectivity index (χ0v) is 12.1. The number of hydrogen-bond donors (Lipinski definition) is 1. The number of nitrogens with one attached hydrogen (secondary N) is 1. The Morgan fingerprint density at radius 2 is 2.25 bits per heavy atom. The topological polar surface area (TPSA) is 15.3 Å². The average Bonchev–Trinajstić information content (AvgIpc) is 2.29. The second kappa shape index (κ2) is 5.36. The molecular weight excluding hydrogens is 311 g/mol. The Hall–Kier alpha value is -0.290. The lowest BCUT2D eigenvalue weighted by Crippen LogP contribution is -2.53. The standard InChI is InChI=1S/C13H19IN2/c1-10(2)13-9-15-6-7-16(13)12-5-3-4-11(14)8-12/h3-5,8,10,13,15H,6-7,9H2,1-2H3. The van der Waals surface area contributed by atoms with E-state index in [0.717, 1.165) is 19.6 Å². The molecule has 0 aromatic heterocycles. The third kappa shape index (κ3) is 2.69. The number of nitrogens with zero attached hydrogens (tertiary/aromatic N) is 1. The van der Waals surface area contributed by atoms with Crippen LogP contribution < -0.4 is 10.2 Å². The Bertz CT molecular complexity index is 352. The van der Waals surface area contributed by atoms with Gasteiger partial charge in [-0.05, 0) is 46.7 Å². The molecule has 1 aromatic rings. The zero-order chi connectivity index (χ0) is 11.5. The molecule has 1 aromatic carbocycles. The first-order valence-electron chi connectivity index (χ1n) is 5.91. The van der Waals surface area contributed by atoms with Gasteiger partial charge in [-0.25, -0.2) is 0 Å². The van der Waals surface area contributed by atoms with E-state index >= 15 is 0 Å². The predicted molar refractivity (Wildman–Crippen MR) is 78.0 cm³/mol. The van der Waals surface area contributed by atoms with E-state index in [9.17, 15) is 0 Å². The molecule has 0 bridgehead atoms. The first kappa shape index (κ1) is 12.2. The van der Waals surface area contributed by atoms with E-state index in [2.05, 4.69) is 70.9 Å². The molecule has 0 aliphatic carbocycles. The SMILES string of the molecule is CC(C)C1CNCCN1c1cccc(I)c1. The highest BCUT2D eigenvalue weighted by molar-refractivity contribution is 14.1. The summed E-state index contributed by atoms with van der Waals surface area (Å²) < 4.78 is 1.32. The Kier molecular flexibility index (Phi) is 4.08. The summed E-state index contributed by atoms with van der Waals surface area (Å²) in [6, 6.07) is 9.42. The highest BCUT2D eigenvalue weighted by Crippen LogP contribution is 2.23. The van der Waals surface area contributed by atoms with Crippen LogP contribution in [0.25, 0.3) is 0 Å². The van der Waals surface area contributed by atoms with Crippen LogP contribution in [-0.4, -0.2) is 25.7 Å². The van der Waals surface area contributed by atoms with E-state index in [1.165, 1.54) is 9.26 Å². The summed E-state index contributed by atoms with van der Waals surface area (Å²) >= 11 is 2.38. The Balaban J connectivity index is 2.23. The molecule has 1 heterocycles. The van der Waals surface area contributed by atoms with Crippen molar-refractivity contribution in [3.05, 3.63) is 27.8 Å². The summed E-state index contributed by atoms with van der Waals surface area (Å²) in [5.74, 6) is 0.686. The lowest BCUT2D eigenvalue weighted by molar-refractivity contribution is 0.390. The maximum Gasteiger partial charge on any atom is 0.0438 e. The summed E-state index contributed by atoms with van der Waals surface area (Å²) in [6.45, 7) is 7.91. The van der Waals surface area contributed by atoms with Gasteiger partial charge < -0.3 is 10.2 Å². The molecule has 16 heavy (non-hydrogen) atoms. The molecule has 1 N–H and O–H groups in total. The van der Waals surface area contributed by atoms with Crippen LogP contribution in [0.1, 0.15) is 13.8 Å². The predicted octanol–water partition coefficient (Wildman–Crippen LogP) is 2.73. The van der Waals surface area contributed by atoms with Crippen molar-refractivity contribution in [3.63, 3.8) is 0 Å². The minimum absolute atomic E-state index is 0.618. The molecule has 1 aliphatic rings. The summed E-state index contributed by atoms with van der Waals surface area (Å²) in [4.78, 5) is 2.54. The van der Waals surface area contributed by atoms with E-state index in [0.29, 0.717) is 12.0 Å². The van der Waals surface area contributed by atoms with Crippen molar-refractivity contribution in [1.82, 2.24) is 5.32 Å². The van der Waals surface area contributed by atoms with E-state index in [-0.39, 0.29) is 0 Å². The second-order valence-corrected chi connectivity index (χ2v) is 5.93. The van der Waals surface area contributed by atoms with Crippen LogP contribution in [0.15, 0.2) is 24.3 Å². The molecule has 1 unspecified atom stereocenters. The lowest BCUT2D eigenvalue weighted by Gasteiger charge is -2.40. The van der Waals surface area contributed by atoms with Gasteiger partial charge >= 0.3 is 0 Å². The molecule has 2 rings (SSSR count). The van der Waals surface area contributed by atoms with Crippen molar-refractivity contribution in [2.45, 2.75) is 19.9 Å². The number of anilines is 1. The van der Waals surface area contributed by atoms with Crippen molar-refractivity contribution in [1.29, 1.82) is 0 Å². The molecule has 1 atom stereocenters. The smallest absolute Gasteiger partial charge is 0.0438 e. The van der Waals surface area contributed by atoms with Gasteiger partial charge in [-0.3, -0.25) is 0 Å². The molecule has 0 saturated carbocycles. The highest BCUT2D eigenvalue weighted by Gasteiger charge is 2.24. The maximum atomic E-state index is 3.49. The third-order valence-electron chi connectivity index (χ3n) is 3.19. The van der Waals surface area contributed by atoms with Crippen LogP contribution in [0.5, 0.6) is 0 Å². The zero-order valence-electron chi connectivity index (χ0n) is 9.91. The molecule has 88 valence electrons. The quantitative estimate of drug-likeness (QED) is 0.839. The maximum absolute atomic E-state index is 3.49. The van der Waals surface area contributed by atoms with Crippen molar-refractivity contribution in [2.75, 3.05) is 24.5 Å². The van der Waals surface area contributed by atoms with Gasteiger partial charge in [-0.2, -0.15) is 0 Å². The van der Waals surface area contributed by atoms with Gasteiger partial charge in [0.25, 0.3) is 0 Å². The normalized spacial score (nSPS) is 21.5. The number of halogens is 1. The van der Waals surface area contributed by atoms with E-state index in [4.69, 9.17) is 0 Å². The van der Waals surface area contributed by atoms with Gasteiger partial charge in [0.05, 0.1) is 0 Å². The summed E-state index contributed by atoms with van der Waals surface area (Å²) in [6.07, 6.45) is 0. The van der Waals surface area contributed by atoms with E-state index in [1.807, 2.05) is 0 Å². The molecule has 1 saturated heterocycles. The minimum atomic E-state index is 0.618. The fourth-order valence-electron chi connectivity index (χ4n) is 2.30. The number of piperazine rings is 1. The van der Waals surface area contributed by atoms with Crippen molar-refractivity contribution in [3.8, 4) is 0 Å². The van der Waals surface area contributed by atoms with Gasteiger partial charge in [0.15, 0.2) is 0 Å². The molecule has 1 aliphatic heterocycles. The highest BCUT2D eigenvalue weighted by atomic mass is 127. The third-order valence-corrected chi connectivity index (χ3v) is 3.86. The molecular formula is C13H19IN2. The Morgan fingerprint density at radius 1 is 1.44 bits per heavy atom. The molecule has 1 fully saturated rings. The molecule has 0 spiro atoms. The van der Waals surface area contributed by atoms with Gasteiger partial charge in [0.2, 0.25) is 0 Å². The fourth-order valence-corrected chi connectivity index (χ4v) is 2.82. The summed E-state index contributed by atoms with van der Waals surface area (Å²) in [7, 11) is 0.